The molecule has 0 saturated carbocycles. The van der Waals surface area contributed by atoms with E-state index >= 15 is 0 Å². The summed E-state index contributed by atoms with van der Waals surface area (Å²) in [6.07, 6.45) is -20.6. The van der Waals surface area contributed by atoms with Crippen molar-refractivity contribution in [3.8, 4) is 0 Å². The van der Waals surface area contributed by atoms with Gasteiger partial charge in [0.25, 0.3) is 0 Å². The summed E-state index contributed by atoms with van der Waals surface area (Å²) in [6.45, 7) is 12.6. The molecule has 660 valence electrons. The summed E-state index contributed by atoms with van der Waals surface area (Å²) in [6, 6.07) is 99.5. The Kier molecular flexibility index (Phi) is 33.7. The van der Waals surface area contributed by atoms with Crippen LogP contribution in [0.5, 0.6) is 0 Å². The first-order chi connectivity index (χ1) is 61.3. The van der Waals surface area contributed by atoms with E-state index in [2.05, 4.69) is 0 Å². The highest BCUT2D eigenvalue weighted by Gasteiger charge is 2.59. The Morgan fingerprint density at radius 2 is 0.384 bits per heavy atom. The van der Waals surface area contributed by atoms with Crippen molar-refractivity contribution < 1.29 is 99.5 Å². The number of hydrogen-bond donors (Lipinski definition) is 0. The zero-order valence-electron chi connectivity index (χ0n) is 71.9. The molecule has 0 N–H and O–H groups in total. The highest BCUT2D eigenvalue weighted by Crippen LogP contribution is 2.43. The van der Waals surface area contributed by atoms with Gasteiger partial charge in [0.2, 0.25) is 0 Å². The summed E-state index contributed by atoms with van der Waals surface area (Å²) < 4.78 is 145. The lowest BCUT2D eigenvalue weighted by Crippen LogP contribution is -2.68. The second-order valence-electron chi connectivity index (χ2n) is 32.4. The van der Waals surface area contributed by atoms with Gasteiger partial charge in [-0.05, 0) is 96.5 Å². The van der Waals surface area contributed by atoms with E-state index < -0.39 is 159 Å². The minimum absolute atomic E-state index is 0.0961. The molecule has 25 atom stereocenters. The summed E-state index contributed by atoms with van der Waals surface area (Å²) in [5, 5.41) is 0. The fourth-order valence-corrected chi connectivity index (χ4v) is 17.5. The van der Waals surface area contributed by atoms with Crippen LogP contribution in [-0.2, 0) is 166 Å². The van der Waals surface area contributed by atoms with E-state index in [0.29, 0.717) is 6.61 Å². The van der Waals surface area contributed by atoms with Crippen LogP contribution >= 0.6 is 11.8 Å². The van der Waals surface area contributed by atoms with Gasteiger partial charge in [0.15, 0.2) is 31.3 Å². The first-order valence-electron chi connectivity index (χ1n) is 43.5. The molecule has 10 aromatic rings. The first-order valence-corrected chi connectivity index (χ1v) is 44.8. The number of hydrogen-bond acceptors (Lipinski definition) is 22. The van der Waals surface area contributed by atoms with Crippen LogP contribution in [0.25, 0.3) is 0 Å². The summed E-state index contributed by atoms with van der Waals surface area (Å²) in [5.74, 6) is -0.509. The van der Waals surface area contributed by atoms with Gasteiger partial charge in [-0.15, -0.1) is 11.8 Å². The second kappa shape index (κ2) is 46.3. The number of carbonyl (C=O) groups excluding carboxylic acids is 1. The normalized spacial score (nSPS) is 30.0. The molecular formula is C103H116O21S. The molecule has 21 nitrogen and oxygen atoms in total. The molecule has 0 aromatic heterocycles. The molecule has 5 fully saturated rings. The molecule has 15 rings (SSSR count). The predicted octanol–water partition coefficient (Wildman–Crippen LogP) is 17.4. The van der Waals surface area contributed by atoms with Gasteiger partial charge in [0, 0.05) is 6.92 Å². The third-order valence-corrected chi connectivity index (χ3v) is 24.0. The predicted molar refractivity (Wildman–Crippen MR) is 470 cm³/mol. The molecule has 0 spiro atoms. The van der Waals surface area contributed by atoms with Crippen molar-refractivity contribution in [2.45, 2.75) is 260 Å². The average molecular weight is 1720 g/mol. The standard InChI is InChI=1S/C103H116O21S/c1-68-84(120-73(6)104)89(105-58-74-38-18-8-19-39-74)94(110-63-79-48-28-13-29-49-79)99(115-68)121-85-69(2)116-100(95(111-64-80-50-30-14-31-51-80)90(85)106-59-75-40-20-9-21-41-75)122-86-70(3)117-101(96(112-65-81-52-32-15-33-53-81)91(86)107-60-76-42-22-10-23-43-76)123-87-71(4)118-102(97(113-66-82-54-34-16-35-55-82)92(87)108-61-77-44-24-11-25-45-77)124-88-72(5)119-103(125-7)98(114-67-83-56-36-17-37-57-83)93(88)109-62-78-46-26-12-27-47-78/h8-57,68-72,84-103H,58-67H2,1-7H3/t68-,69-,70-,71-,72-,84-,85-,86-,87-,88-,89+,90+,91+,92+,93+,94+,95+,96+,97+,98+,99+,100-,101-,102-,103-/m0/s1. The van der Waals surface area contributed by atoms with Crippen molar-refractivity contribution in [2.24, 2.45) is 0 Å². The summed E-state index contributed by atoms with van der Waals surface area (Å²) in [5.41, 5.74) is 8.68. The molecular weight excluding hydrogens is 1610 g/mol. The highest BCUT2D eigenvalue weighted by atomic mass is 32.2. The van der Waals surface area contributed by atoms with Gasteiger partial charge in [-0.3, -0.25) is 4.79 Å². The molecule has 0 amide bonds. The maximum absolute atomic E-state index is 13.2. The fourth-order valence-electron chi connectivity index (χ4n) is 16.7. The minimum Gasteiger partial charge on any atom is -0.457 e. The zero-order chi connectivity index (χ0) is 86.1. The lowest BCUT2D eigenvalue weighted by atomic mass is 9.95. The Balaban J connectivity index is 0.791. The number of ether oxygens (including phenoxy) is 20. The molecule has 5 saturated heterocycles. The van der Waals surface area contributed by atoms with Crippen LogP contribution in [0.3, 0.4) is 0 Å². The van der Waals surface area contributed by atoms with Crippen molar-refractivity contribution in [3.63, 3.8) is 0 Å². The summed E-state index contributed by atoms with van der Waals surface area (Å²) in [4.78, 5) is 13.2. The van der Waals surface area contributed by atoms with Crippen molar-refractivity contribution in [3.05, 3.63) is 359 Å². The zero-order valence-corrected chi connectivity index (χ0v) is 72.7. The molecule has 5 heterocycles. The van der Waals surface area contributed by atoms with E-state index in [-0.39, 0.29) is 59.5 Å². The Morgan fingerprint density at radius 1 is 0.224 bits per heavy atom. The van der Waals surface area contributed by atoms with E-state index in [4.69, 9.17) is 94.7 Å². The third kappa shape index (κ3) is 25.0. The lowest BCUT2D eigenvalue weighted by molar-refractivity contribution is -0.398. The van der Waals surface area contributed by atoms with Crippen LogP contribution in [-0.4, -0.2) is 165 Å². The van der Waals surface area contributed by atoms with E-state index in [1.54, 1.807) is 11.8 Å². The number of carbonyl (C=O) groups is 1. The highest BCUT2D eigenvalue weighted by molar-refractivity contribution is 7.99. The Morgan fingerprint density at radius 3 is 0.576 bits per heavy atom. The van der Waals surface area contributed by atoms with Crippen LogP contribution in [0.1, 0.15) is 97.2 Å². The maximum atomic E-state index is 13.2. The van der Waals surface area contributed by atoms with Crippen molar-refractivity contribution in [1.82, 2.24) is 0 Å². The van der Waals surface area contributed by atoms with Crippen LogP contribution in [0.2, 0.25) is 0 Å². The quantitative estimate of drug-likeness (QED) is 0.0328. The van der Waals surface area contributed by atoms with E-state index in [0.717, 1.165) is 55.6 Å². The topological polar surface area (TPSA) is 202 Å². The first kappa shape index (κ1) is 91.0. The molecule has 5 aliphatic rings. The summed E-state index contributed by atoms with van der Waals surface area (Å²) >= 11 is 1.56. The van der Waals surface area contributed by atoms with E-state index in [1.807, 2.05) is 344 Å². The molecule has 0 bridgehead atoms. The van der Waals surface area contributed by atoms with Crippen molar-refractivity contribution >= 4 is 17.7 Å². The van der Waals surface area contributed by atoms with E-state index in [9.17, 15) is 4.79 Å². The number of esters is 1. The number of benzene rings is 10. The van der Waals surface area contributed by atoms with Crippen LogP contribution in [0.4, 0.5) is 0 Å². The van der Waals surface area contributed by atoms with E-state index in [1.165, 1.54) is 6.92 Å². The third-order valence-electron chi connectivity index (χ3n) is 23.2. The number of rotatable bonds is 40. The Hall–Kier alpha value is -8.74. The van der Waals surface area contributed by atoms with Crippen LogP contribution in [0, 0.1) is 0 Å². The molecule has 0 radical (unpaired) electrons. The van der Waals surface area contributed by atoms with Gasteiger partial charge < -0.3 is 94.7 Å². The largest absolute Gasteiger partial charge is 0.457 e. The minimum atomic E-state index is -1.24. The SMILES string of the molecule is CS[C@@H]1O[C@@H](C)[C@H](O[C@@H]2O[C@@H](C)[C@H](O[C@@H]3O[C@@H](C)[C@H](O[C@@H]4O[C@@H](C)[C@H](O[C@H]5O[C@@H](C)[C@H](OC(C)=O)[C@@H](OCc6ccccc6)[C@H]5OCc5ccccc5)[C@@H](OCc5ccccc5)[C@H]4OCc4ccccc4)[C@@H](OCc4ccccc4)[C@H]3OCc3ccccc3)[C@@H](OCc3ccccc3)[C@H]2OCc2ccccc2)[C@@H](OCc2ccccc2)[C@H]1OCc1ccccc1. The van der Waals surface area contributed by atoms with Gasteiger partial charge >= 0.3 is 5.97 Å². The Labute approximate surface area is 738 Å². The molecule has 125 heavy (non-hydrogen) atoms. The van der Waals surface area contributed by atoms with Gasteiger partial charge in [-0.1, -0.05) is 303 Å². The Bertz CT molecular complexity index is 4730. The van der Waals surface area contributed by atoms with Crippen molar-refractivity contribution in [1.29, 1.82) is 0 Å². The second-order valence-corrected chi connectivity index (χ2v) is 33.3. The number of thioether (sulfide) groups is 1. The molecule has 0 aliphatic carbocycles. The monoisotopic (exact) mass is 1720 g/mol. The summed E-state index contributed by atoms with van der Waals surface area (Å²) in [7, 11) is 0. The van der Waals surface area contributed by atoms with Gasteiger partial charge in [-0.25, -0.2) is 0 Å². The van der Waals surface area contributed by atoms with Gasteiger partial charge in [0.05, 0.1) is 96.6 Å². The van der Waals surface area contributed by atoms with Crippen LogP contribution < -0.4 is 0 Å². The van der Waals surface area contributed by atoms with Gasteiger partial charge in [-0.2, -0.15) is 0 Å². The molecule has 10 aromatic carbocycles. The smallest absolute Gasteiger partial charge is 0.303 e. The van der Waals surface area contributed by atoms with Gasteiger partial charge in [0.1, 0.15) is 90.9 Å². The average Bonchev–Trinajstić information content (AvgIpc) is 0.762. The van der Waals surface area contributed by atoms with Crippen molar-refractivity contribution in [2.75, 3.05) is 6.26 Å². The molecule has 0 unspecified atom stereocenters. The fraction of sp³-hybridized carbons (Fsp3) is 0.408. The molecule has 22 heteroatoms. The molecule has 5 aliphatic heterocycles. The maximum Gasteiger partial charge on any atom is 0.303 e. The van der Waals surface area contributed by atoms with Crippen LogP contribution in [0.15, 0.2) is 303 Å². The lowest BCUT2D eigenvalue weighted by Gasteiger charge is -2.52.